The summed E-state index contributed by atoms with van der Waals surface area (Å²) in [4.78, 5) is -0.211. The largest absolute Gasteiger partial charge is 0.389 e. The molecule has 0 heterocycles. The van der Waals surface area contributed by atoms with Gasteiger partial charge in [-0.3, -0.25) is 0 Å². The van der Waals surface area contributed by atoms with E-state index in [0.29, 0.717) is 5.56 Å². The van der Waals surface area contributed by atoms with Gasteiger partial charge in [0.25, 0.3) is 6.43 Å². The SMILES string of the molecule is NC(=S)c1ccc(S(=O)(=O)NCC(F)F)cc1Cl. The molecular weight excluding hydrogens is 306 g/mol. The Kier molecular flexibility index (Phi) is 4.97. The first-order chi connectivity index (χ1) is 8.24. The highest BCUT2D eigenvalue weighted by molar-refractivity contribution is 7.89. The van der Waals surface area contributed by atoms with Gasteiger partial charge in [-0.15, -0.1) is 0 Å². The molecule has 0 bridgehead atoms. The summed E-state index contributed by atoms with van der Waals surface area (Å²) in [6.45, 7) is -0.961. The molecule has 0 spiro atoms. The van der Waals surface area contributed by atoms with Crippen molar-refractivity contribution in [2.75, 3.05) is 6.54 Å². The first-order valence-electron chi connectivity index (χ1n) is 4.61. The number of alkyl halides is 2. The number of hydrogen-bond donors (Lipinski definition) is 2. The Hall–Kier alpha value is -0.830. The van der Waals surface area contributed by atoms with E-state index in [0.717, 1.165) is 6.07 Å². The number of benzene rings is 1. The molecule has 0 fully saturated rings. The number of hydrogen-bond acceptors (Lipinski definition) is 3. The van der Waals surface area contributed by atoms with Crippen LogP contribution in [-0.4, -0.2) is 26.4 Å². The number of nitrogens with two attached hydrogens (primary N) is 1. The van der Waals surface area contributed by atoms with Crippen LogP contribution in [0.3, 0.4) is 0 Å². The average molecular weight is 315 g/mol. The number of sulfonamides is 1. The van der Waals surface area contributed by atoms with Gasteiger partial charge in [-0.2, -0.15) is 0 Å². The highest BCUT2D eigenvalue weighted by Gasteiger charge is 2.17. The summed E-state index contributed by atoms with van der Waals surface area (Å²) in [5.41, 5.74) is 5.67. The molecule has 4 nitrogen and oxygen atoms in total. The molecule has 1 rings (SSSR count). The van der Waals surface area contributed by atoms with Crippen LogP contribution in [0, 0.1) is 0 Å². The van der Waals surface area contributed by atoms with Gasteiger partial charge in [0, 0.05) is 5.56 Å². The van der Waals surface area contributed by atoms with Crippen molar-refractivity contribution in [2.45, 2.75) is 11.3 Å². The molecule has 1 aromatic carbocycles. The Morgan fingerprint density at radius 2 is 2.11 bits per heavy atom. The Bertz CT molecular complexity index is 564. The molecule has 0 aliphatic heterocycles. The van der Waals surface area contributed by atoms with E-state index in [1.165, 1.54) is 12.1 Å². The van der Waals surface area contributed by atoms with E-state index >= 15 is 0 Å². The maximum absolute atomic E-state index is 11.9. The van der Waals surface area contributed by atoms with Crippen molar-refractivity contribution in [3.63, 3.8) is 0 Å². The van der Waals surface area contributed by atoms with Crippen molar-refractivity contribution in [3.05, 3.63) is 28.8 Å². The van der Waals surface area contributed by atoms with Gasteiger partial charge in [-0.05, 0) is 18.2 Å². The van der Waals surface area contributed by atoms with Gasteiger partial charge in [-0.25, -0.2) is 21.9 Å². The molecule has 0 radical (unpaired) electrons. The van der Waals surface area contributed by atoms with Gasteiger partial charge in [0.05, 0.1) is 16.5 Å². The third-order valence-corrected chi connectivity index (χ3v) is 3.90. The summed E-state index contributed by atoms with van der Waals surface area (Å²) in [5, 5.41) is 0.0439. The molecule has 0 saturated carbocycles. The van der Waals surface area contributed by atoms with Crippen LogP contribution in [0.2, 0.25) is 5.02 Å². The summed E-state index contributed by atoms with van der Waals surface area (Å²) in [6.07, 6.45) is -2.77. The lowest BCUT2D eigenvalue weighted by Crippen LogP contribution is -2.28. The molecule has 0 amide bonds. The fourth-order valence-corrected chi connectivity index (χ4v) is 2.73. The van der Waals surface area contributed by atoms with Crippen molar-refractivity contribution in [3.8, 4) is 0 Å². The fraction of sp³-hybridized carbons (Fsp3) is 0.222. The van der Waals surface area contributed by atoms with Crippen LogP contribution in [-0.2, 0) is 10.0 Å². The second-order valence-corrected chi connectivity index (χ2v) is 5.86. The van der Waals surface area contributed by atoms with Crippen LogP contribution in [0.4, 0.5) is 8.78 Å². The van der Waals surface area contributed by atoms with E-state index < -0.39 is 23.0 Å². The zero-order valence-electron chi connectivity index (χ0n) is 8.86. The lowest BCUT2D eigenvalue weighted by atomic mass is 10.2. The van der Waals surface area contributed by atoms with E-state index in [4.69, 9.17) is 29.6 Å². The highest BCUT2D eigenvalue weighted by Crippen LogP contribution is 2.20. The lowest BCUT2D eigenvalue weighted by molar-refractivity contribution is 0.153. The second kappa shape index (κ2) is 5.87. The fourth-order valence-electron chi connectivity index (χ4n) is 1.12. The Labute approximate surface area is 113 Å². The van der Waals surface area contributed by atoms with E-state index in [2.05, 4.69) is 0 Å². The minimum absolute atomic E-state index is 0.0180. The van der Waals surface area contributed by atoms with Crippen LogP contribution in [0.5, 0.6) is 0 Å². The molecule has 3 N–H and O–H groups in total. The maximum atomic E-state index is 11.9. The first kappa shape index (κ1) is 15.2. The van der Waals surface area contributed by atoms with Crippen molar-refractivity contribution < 1.29 is 17.2 Å². The van der Waals surface area contributed by atoms with Crippen molar-refractivity contribution in [1.82, 2.24) is 4.72 Å². The van der Waals surface area contributed by atoms with E-state index in [9.17, 15) is 17.2 Å². The highest BCUT2D eigenvalue weighted by atomic mass is 35.5. The standard InChI is InChI=1S/C9H9ClF2N2O2S2/c10-7-3-5(1-2-6(7)9(13)17)18(15,16)14-4-8(11)12/h1-3,8,14H,4H2,(H2,13,17). The molecule has 0 unspecified atom stereocenters. The molecule has 100 valence electrons. The average Bonchev–Trinajstić information content (AvgIpc) is 2.26. The predicted molar refractivity (Wildman–Crippen MR) is 68.5 cm³/mol. The second-order valence-electron chi connectivity index (χ2n) is 3.25. The van der Waals surface area contributed by atoms with Crippen molar-refractivity contribution >= 4 is 38.8 Å². The summed E-state index contributed by atoms with van der Waals surface area (Å²) < 4.78 is 48.8. The number of halogens is 3. The minimum Gasteiger partial charge on any atom is -0.389 e. The third-order valence-electron chi connectivity index (χ3n) is 1.94. The number of rotatable bonds is 5. The molecule has 0 aromatic heterocycles. The van der Waals surface area contributed by atoms with Crippen molar-refractivity contribution in [2.24, 2.45) is 5.73 Å². The van der Waals surface area contributed by atoms with Crippen LogP contribution < -0.4 is 10.5 Å². The van der Waals surface area contributed by atoms with Crippen LogP contribution in [0.1, 0.15) is 5.56 Å². The van der Waals surface area contributed by atoms with E-state index in [1.807, 2.05) is 0 Å². The van der Waals surface area contributed by atoms with Crippen LogP contribution in [0.25, 0.3) is 0 Å². The zero-order valence-corrected chi connectivity index (χ0v) is 11.2. The van der Waals surface area contributed by atoms with Gasteiger partial charge in [0.1, 0.15) is 4.99 Å². The molecule has 0 atom stereocenters. The lowest BCUT2D eigenvalue weighted by Gasteiger charge is -2.08. The quantitative estimate of drug-likeness (QED) is 0.808. The van der Waals surface area contributed by atoms with Crippen molar-refractivity contribution in [1.29, 1.82) is 0 Å². The molecule has 0 aliphatic carbocycles. The molecule has 18 heavy (non-hydrogen) atoms. The topological polar surface area (TPSA) is 72.2 Å². The van der Waals surface area contributed by atoms with E-state index in [1.54, 1.807) is 4.72 Å². The zero-order chi connectivity index (χ0) is 13.9. The molecule has 0 saturated heterocycles. The Morgan fingerprint density at radius 3 is 2.56 bits per heavy atom. The van der Waals surface area contributed by atoms with Gasteiger partial charge >= 0.3 is 0 Å². The summed E-state index contributed by atoms with van der Waals surface area (Å²) >= 11 is 10.5. The number of nitrogens with one attached hydrogen (secondary N) is 1. The Morgan fingerprint density at radius 1 is 1.50 bits per heavy atom. The van der Waals surface area contributed by atoms with Crippen LogP contribution in [0.15, 0.2) is 23.1 Å². The third kappa shape index (κ3) is 3.84. The molecule has 1 aromatic rings. The summed E-state index contributed by atoms with van der Waals surface area (Å²) in [7, 11) is -4.02. The molecule has 9 heteroatoms. The van der Waals surface area contributed by atoms with Gasteiger partial charge in [0.15, 0.2) is 0 Å². The minimum atomic E-state index is -4.02. The molecule has 0 aliphatic rings. The van der Waals surface area contributed by atoms with Crippen LogP contribution >= 0.6 is 23.8 Å². The first-order valence-corrected chi connectivity index (χ1v) is 6.88. The van der Waals surface area contributed by atoms with Gasteiger partial charge in [-0.1, -0.05) is 23.8 Å². The monoisotopic (exact) mass is 314 g/mol. The normalized spacial score (nSPS) is 11.8. The smallest absolute Gasteiger partial charge is 0.251 e. The maximum Gasteiger partial charge on any atom is 0.251 e. The summed E-state index contributed by atoms with van der Waals surface area (Å²) in [5.74, 6) is 0. The van der Waals surface area contributed by atoms with Gasteiger partial charge < -0.3 is 5.73 Å². The Balaban J connectivity index is 3.04. The number of thiocarbonyl (C=S) groups is 1. The summed E-state index contributed by atoms with van der Waals surface area (Å²) in [6, 6.07) is 3.61. The predicted octanol–water partition coefficient (Wildman–Crippen LogP) is 1.52. The van der Waals surface area contributed by atoms with Gasteiger partial charge in [0.2, 0.25) is 10.0 Å². The molecular formula is C9H9ClF2N2O2S2. The van der Waals surface area contributed by atoms with E-state index in [-0.39, 0.29) is 14.9 Å².